The molecule has 0 atom stereocenters. The number of hydrogen-bond donors (Lipinski definition) is 0. The molecular formula is C16H14FNO4. The van der Waals surface area contributed by atoms with Gasteiger partial charge in [0.1, 0.15) is 12.4 Å². The summed E-state index contributed by atoms with van der Waals surface area (Å²) in [6.07, 6.45) is 2.19. The van der Waals surface area contributed by atoms with Gasteiger partial charge in [0.15, 0.2) is 11.5 Å². The van der Waals surface area contributed by atoms with Crippen LogP contribution in [0.3, 0.4) is 0 Å². The number of nitro groups is 1. The SMILES string of the molecule is COc1cc(C=C[N+](=O)[O-])ccc1OCc1ccccc1F. The van der Waals surface area contributed by atoms with Gasteiger partial charge in [-0.1, -0.05) is 24.3 Å². The molecule has 0 bridgehead atoms. The first-order valence-electron chi connectivity index (χ1n) is 6.46. The zero-order valence-corrected chi connectivity index (χ0v) is 11.9. The molecule has 0 N–H and O–H groups in total. The Hall–Kier alpha value is -2.89. The molecule has 2 aromatic rings. The van der Waals surface area contributed by atoms with E-state index in [1.54, 1.807) is 36.4 Å². The van der Waals surface area contributed by atoms with Crippen LogP contribution in [-0.4, -0.2) is 12.0 Å². The van der Waals surface area contributed by atoms with Crippen molar-refractivity contribution >= 4 is 6.08 Å². The summed E-state index contributed by atoms with van der Waals surface area (Å²) in [5, 5.41) is 10.3. The van der Waals surface area contributed by atoms with Crippen LogP contribution in [0.15, 0.2) is 48.7 Å². The molecule has 2 aromatic carbocycles. The van der Waals surface area contributed by atoms with E-state index in [0.29, 0.717) is 22.6 Å². The van der Waals surface area contributed by atoms with Crippen LogP contribution in [0.2, 0.25) is 0 Å². The highest BCUT2D eigenvalue weighted by Crippen LogP contribution is 2.29. The Morgan fingerprint density at radius 3 is 2.68 bits per heavy atom. The molecule has 22 heavy (non-hydrogen) atoms. The Balaban J connectivity index is 2.14. The van der Waals surface area contributed by atoms with E-state index >= 15 is 0 Å². The van der Waals surface area contributed by atoms with Crippen LogP contribution in [0.4, 0.5) is 4.39 Å². The van der Waals surface area contributed by atoms with Gasteiger partial charge >= 0.3 is 0 Å². The molecule has 0 heterocycles. The highest BCUT2D eigenvalue weighted by atomic mass is 19.1. The number of methoxy groups -OCH3 is 1. The summed E-state index contributed by atoms with van der Waals surface area (Å²) in [5.74, 6) is 0.512. The third-order valence-electron chi connectivity index (χ3n) is 2.92. The van der Waals surface area contributed by atoms with Crippen molar-refractivity contribution in [3.05, 3.63) is 75.7 Å². The van der Waals surface area contributed by atoms with E-state index in [2.05, 4.69) is 0 Å². The van der Waals surface area contributed by atoms with Crippen LogP contribution in [0.25, 0.3) is 6.08 Å². The first-order chi connectivity index (χ1) is 10.6. The van der Waals surface area contributed by atoms with Crippen molar-refractivity contribution in [3.8, 4) is 11.5 Å². The Bertz CT molecular complexity index is 700. The van der Waals surface area contributed by atoms with Crippen LogP contribution in [0.1, 0.15) is 11.1 Å². The van der Waals surface area contributed by atoms with E-state index in [0.717, 1.165) is 6.20 Å². The summed E-state index contributed by atoms with van der Waals surface area (Å²) >= 11 is 0. The minimum absolute atomic E-state index is 0.0626. The number of halogens is 1. The van der Waals surface area contributed by atoms with Crippen LogP contribution < -0.4 is 9.47 Å². The molecule has 0 aliphatic heterocycles. The summed E-state index contributed by atoms with van der Waals surface area (Å²) < 4.78 is 24.3. The fourth-order valence-corrected chi connectivity index (χ4v) is 1.82. The lowest BCUT2D eigenvalue weighted by Crippen LogP contribution is -2.00. The van der Waals surface area contributed by atoms with Gasteiger partial charge in [-0.05, 0) is 23.8 Å². The summed E-state index contributed by atoms with van der Waals surface area (Å²) in [6.45, 7) is 0.0626. The topological polar surface area (TPSA) is 61.6 Å². The molecule has 0 saturated heterocycles. The van der Waals surface area contributed by atoms with Crippen molar-refractivity contribution in [3.63, 3.8) is 0 Å². The van der Waals surface area contributed by atoms with Gasteiger partial charge in [0.2, 0.25) is 6.20 Å². The quantitative estimate of drug-likeness (QED) is 0.603. The van der Waals surface area contributed by atoms with Gasteiger partial charge in [0, 0.05) is 11.6 Å². The molecule has 0 aliphatic carbocycles. The third kappa shape index (κ3) is 4.05. The van der Waals surface area contributed by atoms with Gasteiger partial charge in [0.25, 0.3) is 0 Å². The van der Waals surface area contributed by atoms with E-state index in [-0.39, 0.29) is 12.4 Å². The van der Waals surface area contributed by atoms with Crippen molar-refractivity contribution in [2.45, 2.75) is 6.61 Å². The first-order valence-corrected chi connectivity index (χ1v) is 6.46. The zero-order valence-electron chi connectivity index (χ0n) is 11.9. The Labute approximate surface area is 126 Å². The summed E-state index contributed by atoms with van der Waals surface area (Å²) in [6, 6.07) is 11.2. The van der Waals surface area contributed by atoms with Crippen molar-refractivity contribution in [2.75, 3.05) is 7.11 Å². The second kappa shape index (κ2) is 7.21. The maximum Gasteiger partial charge on any atom is 0.235 e. The van der Waals surface area contributed by atoms with Gasteiger partial charge in [-0.2, -0.15) is 0 Å². The molecule has 0 fully saturated rings. The predicted octanol–water partition coefficient (Wildman–Crippen LogP) is 3.66. The molecule has 0 aliphatic rings. The van der Waals surface area contributed by atoms with Gasteiger partial charge < -0.3 is 9.47 Å². The molecule has 0 radical (unpaired) electrons. The van der Waals surface area contributed by atoms with Gasteiger partial charge in [-0.3, -0.25) is 10.1 Å². The normalized spacial score (nSPS) is 10.6. The maximum absolute atomic E-state index is 13.5. The highest BCUT2D eigenvalue weighted by Gasteiger charge is 2.07. The van der Waals surface area contributed by atoms with Crippen LogP contribution in [0, 0.1) is 15.9 Å². The summed E-state index contributed by atoms with van der Waals surface area (Å²) in [4.78, 5) is 9.77. The molecule has 0 unspecified atom stereocenters. The first kappa shape index (κ1) is 15.5. The fraction of sp³-hybridized carbons (Fsp3) is 0.125. The smallest absolute Gasteiger partial charge is 0.235 e. The standard InChI is InChI=1S/C16H14FNO4/c1-21-16-10-12(8-9-18(19)20)6-7-15(16)22-11-13-4-2-3-5-14(13)17/h2-10H,11H2,1H3. The average Bonchev–Trinajstić information content (AvgIpc) is 2.52. The summed E-state index contributed by atoms with van der Waals surface area (Å²) in [7, 11) is 1.46. The van der Waals surface area contributed by atoms with Crippen molar-refractivity contribution in [1.82, 2.24) is 0 Å². The Morgan fingerprint density at radius 2 is 2.00 bits per heavy atom. The average molecular weight is 303 g/mol. The molecule has 0 saturated carbocycles. The predicted molar refractivity (Wildman–Crippen MR) is 79.8 cm³/mol. The van der Waals surface area contributed by atoms with E-state index in [9.17, 15) is 14.5 Å². The van der Waals surface area contributed by atoms with Crippen LogP contribution >= 0.6 is 0 Å². The van der Waals surface area contributed by atoms with Gasteiger partial charge in [-0.15, -0.1) is 0 Å². The van der Waals surface area contributed by atoms with Crippen molar-refractivity contribution in [2.24, 2.45) is 0 Å². The Kier molecular flexibility index (Phi) is 5.08. The molecular weight excluding hydrogens is 289 g/mol. The molecule has 0 amide bonds. The zero-order chi connectivity index (χ0) is 15.9. The maximum atomic E-state index is 13.5. The van der Waals surface area contributed by atoms with Crippen molar-refractivity contribution < 1.29 is 18.8 Å². The number of ether oxygens (including phenoxy) is 2. The molecule has 0 spiro atoms. The minimum atomic E-state index is -0.547. The van der Waals surface area contributed by atoms with Gasteiger partial charge in [0.05, 0.1) is 12.0 Å². The van der Waals surface area contributed by atoms with Crippen LogP contribution in [0.5, 0.6) is 11.5 Å². The number of rotatable bonds is 6. The molecule has 6 heteroatoms. The number of nitrogens with zero attached hydrogens (tertiary/aromatic N) is 1. The molecule has 114 valence electrons. The van der Waals surface area contributed by atoms with E-state index in [1.807, 2.05) is 0 Å². The summed E-state index contributed by atoms with van der Waals surface area (Å²) in [5.41, 5.74) is 1.04. The monoisotopic (exact) mass is 303 g/mol. The lowest BCUT2D eigenvalue weighted by Gasteiger charge is -2.11. The largest absolute Gasteiger partial charge is 0.493 e. The van der Waals surface area contributed by atoms with Gasteiger partial charge in [-0.25, -0.2) is 4.39 Å². The molecule has 0 aromatic heterocycles. The molecule has 5 nitrogen and oxygen atoms in total. The number of hydrogen-bond acceptors (Lipinski definition) is 4. The fourth-order valence-electron chi connectivity index (χ4n) is 1.82. The Morgan fingerprint density at radius 1 is 1.23 bits per heavy atom. The van der Waals surface area contributed by atoms with Crippen molar-refractivity contribution in [1.29, 1.82) is 0 Å². The second-order valence-electron chi connectivity index (χ2n) is 4.39. The lowest BCUT2D eigenvalue weighted by molar-refractivity contribution is -0.400. The van der Waals surface area contributed by atoms with Crippen LogP contribution in [-0.2, 0) is 6.61 Å². The van der Waals surface area contributed by atoms with E-state index in [1.165, 1.54) is 19.3 Å². The van der Waals surface area contributed by atoms with E-state index in [4.69, 9.17) is 9.47 Å². The second-order valence-corrected chi connectivity index (χ2v) is 4.39. The number of benzene rings is 2. The third-order valence-corrected chi connectivity index (χ3v) is 2.92. The van der Waals surface area contributed by atoms with E-state index < -0.39 is 4.92 Å². The minimum Gasteiger partial charge on any atom is -0.493 e. The highest BCUT2D eigenvalue weighted by molar-refractivity contribution is 5.55. The molecule has 2 rings (SSSR count). The lowest BCUT2D eigenvalue weighted by atomic mass is 10.2.